The fourth-order valence-corrected chi connectivity index (χ4v) is 3.30. The van der Waals surface area contributed by atoms with Crippen molar-refractivity contribution in [3.8, 4) is 5.75 Å². The molecule has 2 aromatic heterocycles. The average Bonchev–Trinajstić information content (AvgIpc) is 3.31. The molecule has 142 valence electrons. The molecule has 1 unspecified atom stereocenters. The minimum absolute atomic E-state index is 0.251. The van der Waals surface area contributed by atoms with Crippen LogP contribution in [0.5, 0.6) is 5.75 Å². The lowest BCUT2D eigenvalue weighted by atomic mass is 10.1. The number of nitrogens with one attached hydrogen (secondary N) is 2. The van der Waals surface area contributed by atoms with Gasteiger partial charge in [-0.2, -0.15) is 5.10 Å². The molecular formula is C20H26N6O. The lowest BCUT2D eigenvalue weighted by molar-refractivity contribution is 0.291. The summed E-state index contributed by atoms with van der Waals surface area (Å²) in [5.74, 6) is 1.76. The van der Waals surface area contributed by atoms with Gasteiger partial charge in [-0.15, -0.1) is 0 Å². The number of rotatable bonds is 7. The molecular weight excluding hydrogens is 340 g/mol. The largest absolute Gasteiger partial charge is 0.486 e. The molecule has 0 fully saturated rings. The molecule has 1 aliphatic heterocycles. The third-order valence-corrected chi connectivity index (χ3v) is 5.10. The minimum atomic E-state index is 0.251. The van der Waals surface area contributed by atoms with Crippen LogP contribution in [0.3, 0.4) is 0 Å². The van der Waals surface area contributed by atoms with E-state index in [2.05, 4.69) is 44.5 Å². The number of hydrogen-bond acceptors (Lipinski definition) is 5. The van der Waals surface area contributed by atoms with Crippen molar-refractivity contribution in [2.75, 3.05) is 6.54 Å². The van der Waals surface area contributed by atoms with Crippen LogP contribution in [0.25, 0.3) is 0 Å². The topological polar surface area (TPSA) is 68.9 Å². The Kier molecular flexibility index (Phi) is 5.22. The standard InChI is InChI=1S/C20H26N6O/c1-15(23-11-17-12-24-26-10-7-21-13-19(17)26)16-3-5-18(6-4-16)27-14-20-22-8-9-25(20)2/h3-6,8-9,12,15,21,23H,7,10-11,13-14H2,1-2H3. The molecule has 2 N–H and O–H groups in total. The van der Waals surface area contributed by atoms with Gasteiger partial charge in [-0.3, -0.25) is 4.68 Å². The Balaban J connectivity index is 1.32. The molecule has 7 nitrogen and oxygen atoms in total. The lowest BCUT2D eigenvalue weighted by Gasteiger charge is -2.18. The summed E-state index contributed by atoms with van der Waals surface area (Å²) >= 11 is 0. The molecule has 7 heteroatoms. The molecule has 3 heterocycles. The molecule has 0 amide bonds. The second kappa shape index (κ2) is 7.94. The van der Waals surface area contributed by atoms with Crippen LogP contribution in [0, 0.1) is 0 Å². The number of fused-ring (bicyclic) bond motifs is 1. The van der Waals surface area contributed by atoms with E-state index in [1.807, 2.05) is 36.1 Å². The fourth-order valence-electron chi connectivity index (χ4n) is 3.30. The van der Waals surface area contributed by atoms with Crippen LogP contribution in [-0.4, -0.2) is 25.9 Å². The van der Waals surface area contributed by atoms with E-state index in [1.54, 1.807) is 6.20 Å². The number of hydrogen-bond donors (Lipinski definition) is 2. The SMILES string of the molecule is CC(NCc1cnn2c1CNCC2)c1ccc(OCc2nccn2C)cc1. The molecule has 0 bridgehead atoms. The van der Waals surface area contributed by atoms with E-state index >= 15 is 0 Å². The van der Waals surface area contributed by atoms with Crippen molar-refractivity contribution in [1.29, 1.82) is 0 Å². The number of aromatic nitrogens is 4. The van der Waals surface area contributed by atoms with Gasteiger partial charge in [0.1, 0.15) is 18.2 Å². The van der Waals surface area contributed by atoms with Crippen molar-refractivity contribution in [2.45, 2.75) is 39.2 Å². The van der Waals surface area contributed by atoms with Gasteiger partial charge >= 0.3 is 0 Å². The first-order valence-electron chi connectivity index (χ1n) is 9.37. The highest BCUT2D eigenvalue weighted by Gasteiger charge is 2.15. The van der Waals surface area contributed by atoms with Gasteiger partial charge in [-0.25, -0.2) is 4.98 Å². The molecule has 0 saturated heterocycles. The minimum Gasteiger partial charge on any atom is -0.486 e. The van der Waals surface area contributed by atoms with Crippen molar-refractivity contribution >= 4 is 0 Å². The van der Waals surface area contributed by atoms with Gasteiger partial charge in [0, 0.05) is 50.7 Å². The molecule has 0 saturated carbocycles. The van der Waals surface area contributed by atoms with Crippen molar-refractivity contribution in [3.05, 3.63) is 65.5 Å². The van der Waals surface area contributed by atoms with Crippen molar-refractivity contribution in [3.63, 3.8) is 0 Å². The smallest absolute Gasteiger partial charge is 0.146 e. The van der Waals surface area contributed by atoms with Gasteiger partial charge in [0.05, 0.1) is 18.4 Å². The third-order valence-electron chi connectivity index (χ3n) is 5.10. The molecule has 27 heavy (non-hydrogen) atoms. The lowest BCUT2D eigenvalue weighted by Crippen LogP contribution is -2.29. The van der Waals surface area contributed by atoms with Crippen LogP contribution in [0.1, 0.15) is 35.6 Å². The van der Waals surface area contributed by atoms with E-state index in [9.17, 15) is 0 Å². The summed E-state index contributed by atoms with van der Waals surface area (Å²) in [7, 11) is 1.97. The second-order valence-corrected chi connectivity index (χ2v) is 6.93. The van der Waals surface area contributed by atoms with Crippen molar-refractivity contribution in [1.82, 2.24) is 30.0 Å². The number of aryl methyl sites for hydroxylation is 1. The van der Waals surface area contributed by atoms with E-state index in [0.29, 0.717) is 6.61 Å². The third kappa shape index (κ3) is 4.04. The number of ether oxygens (including phenoxy) is 1. The Labute approximate surface area is 159 Å². The predicted molar refractivity (Wildman–Crippen MR) is 103 cm³/mol. The Morgan fingerprint density at radius 2 is 2.15 bits per heavy atom. The second-order valence-electron chi connectivity index (χ2n) is 6.93. The van der Waals surface area contributed by atoms with Crippen molar-refractivity contribution in [2.24, 2.45) is 7.05 Å². The van der Waals surface area contributed by atoms with Crippen LogP contribution >= 0.6 is 0 Å². The molecule has 0 aliphatic carbocycles. The van der Waals surface area contributed by atoms with Gasteiger partial charge in [-0.05, 0) is 24.6 Å². The van der Waals surface area contributed by atoms with E-state index < -0.39 is 0 Å². The Hall–Kier alpha value is -2.64. The summed E-state index contributed by atoms with van der Waals surface area (Å²) < 4.78 is 9.89. The Morgan fingerprint density at radius 1 is 1.30 bits per heavy atom. The van der Waals surface area contributed by atoms with Crippen LogP contribution in [-0.2, 0) is 33.3 Å². The monoisotopic (exact) mass is 366 g/mol. The molecule has 0 radical (unpaired) electrons. The molecule has 0 spiro atoms. The molecule has 1 atom stereocenters. The van der Waals surface area contributed by atoms with Crippen LogP contribution in [0.4, 0.5) is 0 Å². The van der Waals surface area contributed by atoms with Gasteiger partial charge in [0.15, 0.2) is 0 Å². The van der Waals surface area contributed by atoms with Gasteiger partial charge in [0.25, 0.3) is 0 Å². The van der Waals surface area contributed by atoms with Gasteiger partial charge in [0.2, 0.25) is 0 Å². The van der Waals surface area contributed by atoms with Gasteiger partial charge < -0.3 is 19.9 Å². The van der Waals surface area contributed by atoms with Crippen LogP contribution in [0.2, 0.25) is 0 Å². The first-order chi connectivity index (χ1) is 13.2. The first kappa shape index (κ1) is 17.8. The predicted octanol–water partition coefficient (Wildman–Crippen LogP) is 2.15. The highest BCUT2D eigenvalue weighted by molar-refractivity contribution is 5.29. The molecule has 3 aromatic rings. The first-order valence-corrected chi connectivity index (χ1v) is 9.37. The molecule has 4 rings (SSSR count). The van der Waals surface area contributed by atoms with Crippen LogP contribution in [0.15, 0.2) is 42.9 Å². The zero-order chi connectivity index (χ0) is 18.6. The summed E-state index contributed by atoms with van der Waals surface area (Å²) in [5, 5.41) is 11.5. The van der Waals surface area contributed by atoms with Crippen molar-refractivity contribution < 1.29 is 4.74 Å². The fraction of sp³-hybridized carbons (Fsp3) is 0.400. The molecule has 1 aromatic carbocycles. The average molecular weight is 366 g/mol. The maximum atomic E-state index is 5.83. The summed E-state index contributed by atoms with van der Waals surface area (Å²) in [6.45, 7) is 6.30. The maximum absolute atomic E-state index is 5.83. The maximum Gasteiger partial charge on any atom is 0.146 e. The van der Waals surface area contributed by atoms with E-state index in [0.717, 1.165) is 37.8 Å². The van der Waals surface area contributed by atoms with Gasteiger partial charge in [-0.1, -0.05) is 12.1 Å². The number of imidazole rings is 1. The Morgan fingerprint density at radius 3 is 2.93 bits per heavy atom. The van der Waals surface area contributed by atoms with E-state index in [-0.39, 0.29) is 6.04 Å². The Bertz CT molecular complexity index is 882. The molecule has 1 aliphatic rings. The van der Waals surface area contributed by atoms with Crippen LogP contribution < -0.4 is 15.4 Å². The summed E-state index contributed by atoms with van der Waals surface area (Å²) in [6.07, 6.45) is 5.68. The zero-order valence-corrected chi connectivity index (χ0v) is 15.9. The quantitative estimate of drug-likeness (QED) is 0.671. The summed E-state index contributed by atoms with van der Waals surface area (Å²) in [6, 6.07) is 8.51. The normalized spacial score (nSPS) is 14.7. The van der Waals surface area contributed by atoms with E-state index in [4.69, 9.17) is 4.74 Å². The van der Waals surface area contributed by atoms with E-state index in [1.165, 1.54) is 16.8 Å². The highest BCUT2D eigenvalue weighted by Crippen LogP contribution is 2.19. The summed E-state index contributed by atoms with van der Waals surface area (Å²) in [5.41, 5.74) is 3.79. The summed E-state index contributed by atoms with van der Waals surface area (Å²) in [4.78, 5) is 4.27. The number of nitrogens with zero attached hydrogens (tertiary/aromatic N) is 4. The number of benzene rings is 1. The highest BCUT2D eigenvalue weighted by atomic mass is 16.5. The zero-order valence-electron chi connectivity index (χ0n) is 15.9.